The van der Waals surface area contributed by atoms with E-state index >= 15 is 0 Å². The van der Waals surface area contributed by atoms with Gasteiger partial charge in [0.1, 0.15) is 23.9 Å². The fraction of sp³-hybridized carbons (Fsp3) is 0.273. The molecule has 9 heteroatoms. The highest BCUT2D eigenvalue weighted by Crippen LogP contribution is 2.52. The number of hydrogen-bond acceptors (Lipinski definition) is 5. The number of imide groups is 1. The fourth-order valence-corrected chi connectivity index (χ4v) is 5.86. The summed E-state index contributed by atoms with van der Waals surface area (Å²) >= 11 is 1.40. The van der Waals surface area contributed by atoms with E-state index in [1.165, 1.54) is 23.5 Å². The fourth-order valence-electron chi connectivity index (χ4n) is 5.15. The molecule has 0 radical (unpaired) electrons. The molecule has 31 heavy (non-hydrogen) atoms. The predicted octanol–water partition coefficient (Wildman–Crippen LogP) is 2.95. The molecule has 1 aliphatic heterocycles. The SMILES string of the molecule is O=C(CN1C(=O)C2C3C=CC(C3)C2C1=O)Nc1c(-c2ccc(F)cc2)nc2sccn12. The van der Waals surface area contributed by atoms with Crippen molar-refractivity contribution in [1.82, 2.24) is 14.3 Å². The maximum Gasteiger partial charge on any atom is 0.245 e. The van der Waals surface area contributed by atoms with Crippen molar-refractivity contribution in [3.63, 3.8) is 0 Å². The molecule has 4 atom stereocenters. The topological polar surface area (TPSA) is 83.8 Å². The molecule has 2 aliphatic carbocycles. The monoisotopic (exact) mass is 436 g/mol. The predicted molar refractivity (Wildman–Crippen MR) is 112 cm³/mol. The van der Waals surface area contributed by atoms with Gasteiger partial charge < -0.3 is 5.32 Å². The number of halogens is 1. The Kier molecular flexibility index (Phi) is 3.92. The van der Waals surface area contributed by atoms with Gasteiger partial charge in [-0.1, -0.05) is 12.2 Å². The summed E-state index contributed by atoms with van der Waals surface area (Å²) in [5, 5.41) is 4.65. The lowest BCUT2D eigenvalue weighted by Gasteiger charge is -2.17. The molecule has 7 nitrogen and oxygen atoms in total. The van der Waals surface area contributed by atoms with Crippen LogP contribution in [0.5, 0.6) is 0 Å². The first-order valence-electron chi connectivity index (χ1n) is 10.1. The van der Waals surface area contributed by atoms with E-state index in [0.717, 1.165) is 11.3 Å². The molecule has 0 spiro atoms. The quantitative estimate of drug-likeness (QED) is 0.504. The molecule has 1 aromatic carbocycles. The number of nitrogens with one attached hydrogen (secondary N) is 1. The molecular weight excluding hydrogens is 419 g/mol. The van der Waals surface area contributed by atoms with Crippen molar-refractivity contribution in [2.24, 2.45) is 23.7 Å². The minimum absolute atomic E-state index is 0.102. The lowest BCUT2D eigenvalue weighted by molar-refractivity contribution is -0.143. The number of hydrogen-bond donors (Lipinski definition) is 1. The second kappa shape index (κ2) is 6.58. The Morgan fingerprint density at radius 2 is 1.81 bits per heavy atom. The molecule has 2 fully saturated rings. The van der Waals surface area contributed by atoms with Crippen LogP contribution in [0.15, 0.2) is 48.0 Å². The van der Waals surface area contributed by atoms with Crippen LogP contribution >= 0.6 is 11.3 Å². The van der Waals surface area contributed by atoms with Gasteiger partial charge in [-0.25, -0.2) is 9.37 Å². The third-order valence-corrected chi connectivity index (χ3v) is 7.26. The van der Waals surface area contributed by atoms with E-state index in [2.05, 4.69) is 10.3 Å². The second-order valence-corrected chi connectivity index (χ2v) is 9.06. The minimum atomic E-state index is -0.474. The number of aromatic nitrogens is 2. The van der Waals surface area contributed by atoms with Crippen LogP contribution in [-0.4, -0.2) is 38.6 Å². The summed E-state index contributed by atoms with van der Waals surface area (Å²) in [5.74, 6) is -1.38. The molecule has 3 aromatic rings. The average molecular weight is 436 g/mol. The molecule has 3 amide bonds. The normalized spacial score (nSPS) is 26.3. The first-order valence-corrected chi connectivity index (χ1v) is 10.9. The highest BCUT2D eigenvalue weighted by molar-refractivity contribution is 7.15. The van der Waals surface area contributed by atoms with Crippen molar-refractivity contribution in [2.45, 2.75) is 6.42 Å². The lowest BCUT2D eigenvalue weighted by Crippen LogP contribution is -2.39. The number of amides is 3. The van der Waals surface area contributed by atoms with Gasteiger partial charge >= 0.3 is 0 Å². The first kappa shape index (κ1) is 18.4. The van der Waals surface area contributed by atoms with Crippen LogP contribution < -0.4 is 5.32 Å². The van der Waals surface area contributed by atoms with Crippen molar-refractivity contribution in [1.29, 1.82) is 0 Å². The van der Waals surface area contributed by atoms with Crippen LogP contribution in [0.25, 0.3) is 16.2 Å². The Hall–Kier alpha value is -3.33. The van der Waals surface area contributed by atoms with Crippen LogP contribution in [-0.2, 0) is 14.4 Å². The number of rotatable bonds is 4. The van der Waals surface area contributed by atoms with Crippen molar-refractivity contribution < 1.29 is 18.8 Å². The summed E-state index contributed by atoms with van der Waals surface area (Å²) in [5.41, 5.74) is 1.15. The molecule has 2 bridgehead atoms. The number of nitrogens with zero attached hydrogens (tertiary/aromatic N) is 3. The van der Waals surface area contributed by atoms with Crippen LogP contribution in [0.2, 0.25) is 0 Å². The number of fused-ring (bicyclic) bond motifs is 6. The zero-order chi connectivity index (χ0) is 21.3. The van der Waals surface area contributed by atoms with Gasteiger partial charge in [-0.15, -0.1) is 11.3 Å². The average Bonchev–Trinajstić information content (AvgIpc) is 3.55. The molecule has 1 saturated heterocycles. The number of imidazole rings is 1. The second-order valence-electron chi connectivity index (χ2n) is 8.18. The van der Waals surface area contributed by atoms with E-state index in [1.54, 1.807) is 22.7 Å². The molecular formula is C22H17FN4O3S. The van der Waals surface area contributed by atoms with Crippen LogP contribution in [0.3, 0.4) is 0 Å². The van der Waals surface area contributed by atoms with Crippen molar-refractivity contribution >= 4 is 39.8 Å². The van der Waals surface area contributed by atoms with Gasteiger partial charge in [0.25, 0.3) is 0 Å². The molecule has 1 saturated carbocycles. The maximum atomic E-state index is 13.3. The number of likely N-dealkylation sites (tertiary alicyclic amines) is 1. The third kappa shape index (κ3) is 2.69. The zero-order valence-electron chi connectivity index (χ0n) is 16.2. The maximum absolute atomic E-state index is 13.3. The number of benzene rings is 1. The number of carbonyl (C=O) groups is 3. The largest absolute Gasteiger partial charge is 0.308 e. The highest BCUT2D eigenvalue weighted by Gasteiger charge is 2.59. The van der Waals surface area contributed by atoms with Crippen molar-refractivity contribution in [2.75, 3.05) is 11.9 Å². The summed E-state index contributed by atoms with van der Waals surface area (Å²) in [6.07, 6.45) is 6.67. The Morgan fingerprint density at radius 1 is 1.13 bits per heavy atom. The van der Waals surface area contributed by atoms with Gasteiger partial charge in [-0.2, -0.15) is 0 Å². The smallest absolute Gasteiger partial charge is 0.245 e. The van der Waals surface area contributed by atoms with Crippen LogP contribution in [0, 0.1) is 29.5 Å². The van der Waals surface area contributed by atoms with Gasteiger partial charge in [0, 0.05) is 17.1 Å². The molecule has 4 unspecified atom stereocenters. The van der Waals surface area contributed by atoms with E-state index in [4.69, 9.17) is 0 Å². The summed E-state index contributed by atoms with van der Waals surface area (Å²) < 4.78 is 15.1. The van der Waals surface area contributed by atoms with Gasteiger partial charge in [0.2, 0.25) is 17.7 Å². The summed E-state index contributed by atoms with van der Waals surface area (Å²) in [7, 11) is 0. The zero-order valence-corrected chi connectivity index (χ0v) is 17.0. The van der Waals surface area contributed by atoms with Crippen molar-refractivity contribution in [3.8, 4) is 11.3 Å². The molecule has 156 valence electrons. The molecule has 3 heterocycles. The summed E-state index contributed by atoms with van der Waals surface area (Å²) in [6, 6.07) is 5.85. The molecule has 1 N–H and O–H groups in total. The summed E-state index contributed by atoms with van der Waals surface area (Å²) in [4.78, 5) is 44.9. The Labute approximate surface area is 180 Å². The van der Waals surface area contributed by atoms with Crippen molar-refractivity contribution in [3.05, 3.63) is 53.8 Å². The lowest BCUT2D eigenvalue weighted by atomic mass is 9.85. The van der Waals surface area contributed by atoms with E-state index in [0.29, 0.717) is 22.0 Å². The van der Waals surface area contributed by atoms with E-state index < -0.39 is 5.91 Å². The number of allylic oxidation sites excluding steroid dienone is 2. The van der Waals surface area contributed by atoms with E-state index in [1.807, 2.05) is 17.5 Å². The molecule has 6 rings (SSSR count). The van der Waals surface area contributed by atoms with Gasteiger partial charge in [-0.05, 0) is 42.5 Å². The first-order chi connectivity index (χ1) is 15.0. The Balaban J connectivity index is 1.27. The Morgan fingerprint density at radius 3 is 2.48 bits per heavy atom. The highest BCUT2D eigenvalue weighted by atomic mass is 32.1. The van der Waals surface area contributed by atoms with E-state index in [-0.39, 0.29) is 47.8 Å². The van der Waals surface area contributed by atoms with Crippen LogP contribution in [0.4, 0.5) is 10.2 Å². The minimum Gasteiger partial charge on any atom is -0.308 e. The Bertz CT molecular complexity index is 1250. The van der Waals surface area contributed by atoms with Crippen LogP contribution in [0.1, 0.15) is 6.42 Å². The number of carbonyl (C=O) groups excluding carboxylic acids is 3. The van der Waals surface area contributed by atoms with E-state index in [9.17, 15) is 18.8 Å². The van der Waals surface area contributed by atoms with Gasteiger partial charge in [0.05, 0.1) is 11.8 Å². The standard InChI is InChI=1S/C22H17FN4O3S/c23-14-5-3-11(4-6-14)18-19(26-7-8-31-22(26)25-18)24-15(28)10-27-20(29)16-12-1-2-13(9-12)17(16)21(27)30/h1-8,12-13,16-17H,9-10H2,(H,24,28). The van der Waals surface area contributed by atoms with Gasteiger partial charge in [0.15, 0.2) is 4.96 Å². The van der Waals surface area contributed by atoms with Gasteiger partial charge in [-0.3, -0.25) is 23.7 Å². The summed E-state index contributed by atoms with van der Waals surface area (Å²) in [6.45, 7) is -0.329. The number of anilines is 1. The molecule has 2 aromatic heterocycles. The third-order valence-electron chi connectivity index (χ3n) is 6.50. The number of thiazole rings is 1. The molecule has 3 aliphatic rings.